The maximum atomic E-state index is 9.55. The van der Waals surface area contributed by atoms with Crippen molar-refractivity contribution < 1.29 is 38.7 Å². The molecular formula is C26H27N3O8. The number of carbonyl (C=O) groups is 2. The minimum atomic E-state index is -1.26. The number of ether oxygens (including phenoxy) is 4. The Morgan fingerprint density at radius 2 is 1.57 bits per heavy atom. The van der Waals surface area contributed by atoms with Gasteiger partial charge in [-0.15, -0.1) is 6.42 Å². The van der Waals surface area contributed by atoms with E-state index in [9.17, 15) is 9.59 Å². The van der Waals surface area contributed by atoms with Crippen LogP contribution >= 0.6 is 0 Å². The normalized spacial score (nSPS) is 10.3. The van der Waals surface area contributed by atoms with Crippen molar-refractivity contribution in [3.63, 3.8) is 0 Å². The molecule has 3 rings (SSSR count). The molecule has 0 amide bonds. The van der Waals surface area contributed by atoms with E-state index in [-0.39, 0.29) is 0 Å². The van der Waals surface area contributed by atoms with E-state index in [2.05, 4.69) is 21.2 Å². The highest BCUT2D eigenvalue weighted by molar-refractivity contribution is 5.93. The number of fused-ring (bicyclic) bond motifs is 1. The van der Waals surface area contributed by atoms with E-state index >= 15 is 0 Å². The number of rotatable bonds is 12. The van der Waals surface area contributed by atoms with Crippen molar-refractivity contribution in [1.29, 1.82) is 0 Å². The van der Waals surface area contributed by atoms with Gasteiger partial charge in [0.15, 0.2) is 11.5 Å². The fraction of sp³-hybridized carbons (Fsp3) is 0.231. The van der Waals surface area contributed by atoms with Gasteiger partial charge in [-0.25, -0.2) is 19.6 Å². The average Bonchev–Trinajstić information content (AvgIpc) is 2.88. The molecular weight excluding hydrogens is 482 g/mol. The molecule has 11 nitrogen and oxygen atoms in total. The molecule has 0 aliphatic rings. The van der Waals surface area contributed by atoms with E-state index in [1.54, 1.807) is 14.2 Å². The van der Waals surface area contributed by atoms with Crippen LogP contribution in [0.1, 0.15) is 5.56 Å². The fourth-order valence-corrected chi connectivity index (χ4v) is 2.83. The van der Waals surface area contributed by atoms with Crippen LogP contribution in [-0.2, 0) is 19.1 Å². The number of terminal acetylenes is 1. The number of benzene rings is 2. The third-order valence-corrected chi connectivity index (χ3v) is 4.45. The largest absolute Gasteiger partial charge is 0.487 e. The van der Waals surface area contributed by atoms with E-state index in [1.807, 2.05) is 36.4 Å². The number of aliphatic carboxylic acids is 2. The second-order valence-corrected chi connectivity index (χ2v) is 7.08. The number of methoxy groups -OCH3 is 2. The molecule has 0 radical (unpaired) electrons. The van der Waals surface area contributed by atoms with Gasteiger partial charge in [-0.05, 0) is 24.3 Å². The number of carboxylic acids is 2. The summed E-state index contributed by atoms with van der Waals surface area (Å²) in [7, 11) is 3.25. The van der Waals surface area contributed by atoms with Crippen LogP contribution in [0.5, 0.6) is 11.5 Å². The maximum absolute atomic E-state index is 9.55. The number of hydrogen-bond acceptors (Lipinski definition) is 9. The number of aromatic nitrogens is 2. The third kappa shape index (κ3) is 9.85. The molecule has 11 heteroatoms. The Morgan fingerprint density at radius 3 is 2.14 bits per heavy atom. The van der Waals surface area contributed by atoms with Gasteiger partial charge in [0.05, 0.1) is 18.7 Å². The predicted molar refractivity (Wildman–Crippen MR) is 136 cm³/mol. The van der Waals surface area contributed by atoms with Crippen molar-refractivity contribution in [2.45, 2.75) is 0 Å². The van der Waals surface area contributed by atoms with E-state index in [1.165, 1.54) is 6.33 Å². The van der Waals surface area contributed by atoms with Crippen LogP contribution in [0.4, 0.5) is 11.5 Å². The molecule has 0 saturated heterocycles. The molecule has 0 unspecified atom stereocenters. The Morgan fingerprint density at radius 1 is 0.946 bits per heavy atom. The number of nitrogens with zero attached hydrogens (tertiary/aromatic N) is 2. The van der Waals surface area contributed by atoms with Crippen LogP contribution in [0.15, 0.2) is 54.9 Å². The first-order chi connectivity index (χ1) is 17.9. The lowest BCUT2D eigenvalue weighted by Gasteiger charge is -2.15. The lowest BCUT2D eigenvalue weighted by Crippen LogP contribution is -2.09. The molecule has 0 aliphatic carbocycles. The van der Waals surface area contributed by atoms with Crippen LogP contribution in [0.25, 0.3) is 10.9 Å². The summed E-state index contributed by atoms with van der Waals surface area (Å²) in [6.45, 7) is 1.73. The zero-order valence-electron chi connectivity index (χ0n) is 20.3. The van der Waals surface area contributed by atoms with Crippen LogP contribution in [0.2, 0.25) is 0 Å². The molecule has 0 fully saturated rings. The molecule has 0 atom stereocenters. The number of hydrogen-bond donors (Lipinski definition) is 3. The lowest BCUT2D eigenvalue weighted by atomic mass is 10.2. The Bertz CT molecular complexity index is 1250. The van der Waals surface area contributed by atoms with Gasteiger partial charge < -0.3 is 34.5 Å². The van der Waals surface area contributed by atoms with Crippen molar-refractivity contribution in [2.75, 3.05) is 46.0 Å². The quantitative estimate of drug-likeness (QED) is 0.188. The average molecular weight is 510 g/mol. The summed E-state index contributed by atoms with van der Waals surface area (Å²) in [5.41, 5.74) is 2.34. The highest BCUT2D eigenvalue weighted by atomic mass is 16.5. The van der Waals surface area contributed by atoms with E-state index in [0.29, 0.717) is 55.9 Å². The Hall–Kier alpha value is -4.66. The molecule has 3 N–H and O–H groups in total. The molecule has 1 aromatic heterocycles. The molecule has 3 aromatic rings. The van der Waals surface area contributed by atoms with Crippen molar-refractivity contribution >= 4 is 34.3 Å². The van der Waals surface area contributed by atoms with Gasteiger partial charge in [0, 0.05) is 49.1 Å². The van der Waals surface area contributed by atoms with Crippen molar-refractivity contribution in [3.8, 4) is 23.8 Å². The molecule has 2 aromatic carbocycles. The lowest BCUT2D eigenvalue weighted by molar-refractivity contribution is -0.134. The fourth-order valence-electron chi connectivity index (χ4n) is 2.83. The minimum Gasteiger partial charge on any atom is -0.487 e. The summed E-state index contributed by atoms with van der Waals surface area (Å²) >= 11 is 0. The summed E-state index contributed by atoms with van der Waals surface area (Å²) in [4.78, 5) is 27.9. The summed E-state index contributed by atoms with van der Waals surface area (Å²) in [6, 6.07) is 11.3. The smallest absolute Gasteiger partial charge is 0.328 e. The van der Waals surface area contributed by atoms with E-state index in [0.717, 1.165) is 22.2 Å². The molecule has 1 heterocycles. The molecule has 0 aliphatic heterocycles. The van der Waals surface area contributed by atoms with Gasteiger partial charge in [0.25, 0.3) is 0 Å². The topological polar surface area (TPSA) is 149 Å². The summed E-state index contributed by atoms with van der Waals surface area (Å²) < 4.78 is 21.8. The first-order valence-corrected chi connectivity index (χ1v) is 10.9. The summed E-state index contributed by atoms with van der Waals surface area (Å²) in [5.74, 6) is 1.93. The predicted octanol–water partition coefficient (Wildman–Crippen LogP) is 3.12. The zero-order valence-corrected chi connectivity index (χ0v) is 20.3. The molecule has 37 heavy (non-hydrogen) atoms. The Kier molecular flexibility index (Phi) is 11.9. The molecule has 0 saturated carbocycles. The molecule has 0 spiro atoms. The monoisotopic (exact) mass is 509 g/mol. The summed E-state index contributed by atoms with van der Waals surface area (Å²) in [5, 5.41) is 19.7. The molecule has 0 bridgehead atoms. The molecule has 194 valence electrons. The number of carboxylic acid groups (broad SMARTS) is 2. The highest BCUT2D eigenvalue weighted by Crippen LogP contribution is 2.35. The van der Waals surface area contributed by atoms with Gasteiger partial charge in [0.2, 0.25) is 0 Å². The van der Waals surface area contributed by atoms with Gasteiger partial charge in [0.1, 0.15) is 25.4 Å². The van der Waals surface area contributed by atoms with Gasteiger partial charge in [-0.2, -0.15) is 0 Å². The van der Waals surface area contributed by atoms with Crippen LogP contribution in [0, 0.1) is 12.3 Å². The first-order valence-electron chi connectivity index (χ1n) is 10.9. The number of nitrogens with one attached hydrogen (secondary N) is 1. The number of anilines is 2. The van der Waals surface area contributed by atoms with Crippen LogP contribution < -0.4 is 14.8 Å². The Labute approximate surface area is 213 Å². The second-order valence-electron chi connectivity index (χ2n) is 7.08. The van der Waals surface area contributed by atoms with Gasteiger partial charge >= 0.3 is 11.9 Å². The summed E-state index contributed by atoms with van der Waals surface area (Å²) in [6.07, 6.45) is 8.11. The first kappa shape index (κ1) is 28.6. The van der Waals surface area contributed by atoms with Crippen molar-refractivity contribution in [1.82, 2.24) is 9.97 Å². The zero-order chi connectivity index (χ0) is 27.0. The third-order valence-electron chi connectivity index (χ3n) is 4.45. The van der Waals surface area contributed by atoms with Crippen LogP contribution in [0.3, 0.4) is 0 Å². The van der Waals surface area contributed by atoms with E-state index in [4.69, 9.17) is 35.6 Å². The van der Waals surface area contributed by atoms with E-state index < -0.39 is 11.9 Å². The second kappa shape index (κ2) is 15.4. The SMILES string of the molecule is C#Cc1cccc(Nc2ncnc3cc(OCCOC)c(OCCOC)cc23)c1.O=C(O)C=CC(=O)O. The maximum Gasteiger partial charge on any atom is 0.328 e. The van der Waals surface area contributed by atoms with Gasteiger partial charge in [-0.3, -0.25) is 0 Å². The van der Waals surface area contributed by atoms with Crippen LogP contribution in [-0.4, -0.2) is 72.8 Å². The Balaban J connectivity index is 0.000000521. The highest BCUT2D eigenvalue weighted by Gasteiger charge is 2.13. The minimum absolute atomic E-state index is 0.392. The standard InChI is InChI=1S/C22H23N3O4.C4H4O4/c1-4-16-6-5-7-17(12-16)25-22-18-13-20(28-10-8-26-2)21(29-11-9-27-3)14-19(18)23-15-24-22;5-3(6)1-2-4(7)8/h1,5-7,12-15H,8-11H2,2-3H3,(H,23,24,25);1-2H,(H,5,6)(H,7,8). The van der Waals surface area contributed by atoms with Crippen molar-refractivity contribution in [2.24, 2.45) is 0 Å². The van der Waals surface area contributed by atoms with Gasteiger partial charge in [-0.1, -0.05) is 12.0 Å². The van der Waals surface area contributed by atoms with Crippen molar-refractivity contribution in [3.05, 3.63) is 60.4 Å².